The number of nitrogens with zero attached hydrogens (tertiary/aromatic N) is 3. The normalized spacial score (nSPS) is 14.8. The van der Waals surface area contributed by atoms with Crippen LogP contribution in [0.4, 0.5) is 11.4 Å². The number of rotatable bonds is 5. The summed E-state index contributed by atoms with van der Waals surface area (Å²) in [5.74, 6) is -0.472. The van der Waals surface area contributed by atoms with Gasteiger partial charge in [0.2, 0.25) is 5.91 Å². The van der Waals surface area contributed by atoms with Gasteiger partial charge in [0.05, 0.1) is 6.54 Å². The van der Waals surface area contributed by atoms with Gasteiger partial charge in [-0.05, 0) is 56.5 Å². The standard InChI is InChI=1S/C25H26N4O3/c1-16-8-9-20(17(2)14-16)26-23(30)12-13-28-24(31)11-10-21(27-28)25(32)29-18(3)15-19-6-4-5-7-22(19)29/h4-11,14,18H,12-13,15H2,1-3H3,(H,26,30). The number of carbonyl (C=O) groups excluding carboxylic acids is 2. The van der Waals surface area contributed by atoms with Crippen molar-refractivity contribution in [2.45, 2.75) is 46.2 Å². The van der Waals surface area contributed by atoms with Crippen molar-refractivity contribution in [3.63, 3.8) is 0 Å². The van der Waals surface area contributed by atoms with E-state index in [1.807, 2.05) is 63.2 Å². The summed E-state index contributed by atoms with van der Waals surface area (Å²) in [6.45, 7) is 6.00. The number of carbonyl (C=O) groups is 2. The monoisotopic (exact) mass is 430 g/mol. The van der Waals surface area contributed by atoms with Gasteiger partial charge in [0.15, 0.2) is 0 Å². The molecule has 0 spiro atoms. The Hall–Kier alpha value is -3.74. The summed E-state index contributed by atoms with van der Waals surface area (Å²) in [5.41, 5.74) is 4.65. The number of hydrogen-bond donors (Lipinski definition) is 1. The molecule has 3 aromatic rings. The van der Waals surface area contributed by atoms with Crippen LogP contribution in [-0.2, 0) is 17.8 Å². The van der Waals surface area contributed by atoms with E-state index in [9.17, 15) is 14.4 Å². The van der Waals surface area contributed by atoms with E-state index in [2.05, 4.69) is 10.4 Å². The summed E-state index contributed by atoms with van der Waals surface area (Å²) < 4.78 is 1.18. The van der Waals surface area contributed by atoms with Gasteiger partial charge in [-0.2, -0.15) is 5.10 Å². The van der Waals surface area contributed by atoms with E-state index in [4.69, 9.17) is 0 Å². The molecule has 1 aliphatic rings. The van der Waals surface area contributed by atoms with Gasteiger partial charge in [-0.1, -0.05) is 35.9 Å². The average molecular weight is 431 g/mol. The maximum Gasteiger partial charge on any atom is 0.278 e. The second-order valence-corrected chi connectivity index (χ2v) is 8.25. The second-order valence-electron chi connectivity index (χ2n) is 8.25. The minimum atomic E-state index is -0.351. The van der Waals surface area contributed by atoms with E-state index in [1.165, 1.54) is 16.8 Å². The third kappa shape index (κ3) is 4.32. The zero-order chi connectivity index (χ0) is 22.8. The Labute approximate surface area is 186 Å². The summed E-state index contributed by atoms with van der Waals surface area (Å²) in [5, 5.41) is 7.13. The van der Waals surface area contributed by atoms with Crippen LogP contribution >= 0.6 is 0 Å². The van der Waals surface area contributed by atoms with Crippen LogP contribution in [0, 0.1) is 13.8 Å². The minimum Gasteiger partial charge on any atom is -0.326 e. The topological polar surface area (TPSA) is 84.3 Å². The molecule has 2 heterocycles. The van der Waals surface area contributed by atoms with Gasteiger partial charge in [0.1, 0.15) is 5.69 Å². The predicted molar refractivity (Wildman–Crippen MR) is 124 cm³/mol. The van der Waals surface area contributed by atoms with Gasteiger partial charge in [-0.15, -0.1) is 0 Å². The van der Waals surface area contributed by atoms with E-state index in [-0.39, 0.29) is 42.1 Å². The van der Waals surface area contributed by atoms with Crippen LogP contribution in [0.1, 0.15) is 40.5 Å². The van der Waals surface area contributed by atoms with Crippen molar-refractivity contribution in [2.75, 3.05) is 10.2 Å². The zero-order valence-electron chi connectivity index (χ0n) is 18.5. The van der Waals surface area contributed by atoms with Crippen LogP contribution in [0.25, 0.3) is 0 Å². The zero-order valence-corrected chi connectivity index (χ0v) is 18.5. The molecule has 1 aromatic heterocycles. The highest BCUT2D eigenvalue weighted by atomic mass is 16.2. The maximum absolute atomic E-state index is 13.2. The average Bonchev–Trinajstić information content (AvgIpc) is 3.10. The first-order valence-electron chi connectivity index (χ1n) is 10.7. The highest BCUT2D eigenvalue weighted by molar-refractivity contribution is 6.06. The Morgan fingerprint density at radius 3 is 2.66 bits per heavy atom. The molecular formula is C25H26N4O3. The van der Waals surface area contributed by atoms with Crippen LogP contribution in [0.3, 0.4) is 0 Å². The van der Waals surface area contributed by atoms with E-state index in [0.29, 0.717) is 0 Å². The molecule has 0 bridgehead atoms. The van der Waals surface area contributed by atoms with Crippen LogP contribution in [0.15, 0.2) is 59.4 Å². The molecule has 7 heteroatoms. The van der Waals surface area contributed by atoms with Crippen LogP contribution in [0.2, 0.25) is 0 Å². The number of benzene rings is 2. The van der Waals surface area contributed by atoms with E-state index in [0.717, 1.165) is 34.5 Å². The fraction of sp³-hybridized carbons (Fsp3) is 0.280. The molecule has 7 nitrogen and oxygen atoms in total. The van der Waals surface area contributed by atoms with Crippen LogP contribution < -0.4 is 15.8 Å². The van der Waals surface area contributed by atoms with Gasteiger partial charge in [-0.25, -0.2) is 4.68 Å². The molecule has 1 atom stereocenters. The molecule has 0 fully saturated rings. The van der Waals surface area contributed by atoms with Crippen molar-refractivity contribution < 1.29 is 9.59 Å². The number of anilines is 2. The molecule has 32 heavy (non-hydrogen) atoms. The molecule has 2 amide bonds. The van der Waals surface area contributed by atoms with Crippen molar-refractivity contribution in [3.8, 4) is 0 Å². The number of nitrogens with one attached hydrogen (secondary N) is 1. The third-order valence-corrected chi connectivity index (χ3v) is 5.72. The maximum atomic E-state index is 13.2. The van der Waals surface area contributed by atoms with E-state index >= 15 is 0 Å². The summed E-state index contributed by atoms with van der Waals surface area (Å²) in [6, 6.07) is 16.4. The fourth-order valence-corrected chi connectivity index (χ4v) is 4.10. The van der Waals surface area contributed by atoms with Crippen LogP contribution in [0.5, 0.6) is 0 Å². The molecule has 2 aromatic carbocycles. The van der Waals surface area contributed by atoms with Gasteiger partial charge in [0.25, 0.3) is 11.5 Å². The first kappa shape index (κ1) is 21.5. The van der Waals surface area contributed by atoms with Gasteiger partial charge < -0.3 is 10.2 Å². The Morgan fingerprint density at radius 2 is 1.88 bits per heavy atom. The largest absolute Gasteiger partial charge is 0.326 e. The summed E-state index contributed by atoms with van der Waals surface area (Å²) in [4.78, 5) is 39.6. The number of fused-ring (bicyclic) bond motifs is 1. The number of aryl methyl sites for hydroxylation is 3. The van der Waals surface area contributed by atoms with Crippen LogP contribution in [-0.4, -0.2) is 27.6 Å². The molecule has 1 N–H and O–H groups in total. The van der Waals surface area contributed by atoms with Gasteiger partial charge >= 0.3 is 0 Å². The Balaban J connectivity index is 1.48. The fourth-order valence-electron chi connectivity index (χ4n) is 4.10. The first-order valence-corrected chi connectivity index (χ1v) is 10.7. The van der Waals surface area contributed by atoms with E-state index in [1.54, 1.807) is 4.90 Å². The number of aromatic nitrogens is 2. The lowest BCUT2D eigenvalue weighted by molar-refractivity contribution is -0.116. The van der Waals surface area contributed by atoms with Crippen molar-refractivity contribution in [1.82, 2.24) is 9.78 Å². The Bertz CT molecular complexity index is 1250. The lowest BCUT2D eigenvalue weighted by atomic mass is 10.1. The third-order valence-electron chi connectivity index (χ3n) is 5.72. The SMILES string of the molecule is Cc1ccc(NC(=O)CCn2nc(C(=O)N3c4ccccc4CC3C)ccc2=O)c(C)c1. The molecule has 0 saturated heterocycles. The lowest BCUT2D eigenvalue weighted by Gasteiger charge is -2.22. The van der Waals surface area contributed by atoms with Gasteiger partial charge in [0, 0.05) is 29.9 Å². The molecule has 1 aliphatic heterocycles. The number of para-hydroxylation sites is 1. The van der Waals surface area contributed by atoms with Gasteiger partial charge in [-0.3, -0.25) is 14.4 Å². The summed E-state index contributed by atoms with van der Waals surface area (Å²) >= 11 is 0. The number of amides is 2. The quantitative estimate of drug-likeness (QED) is 0.672. The second kappa shape index (κ2) is 8.78. The molecule has 0 saturated carbocycles. The highest BCUT2D eigenvalue weighted by Crippen LogP contribution is 2.32. The molecule has 164 valence electrons. The Kier molecular flexibility index (Phi) is 5.90. The van der Waals surface area contributed by atoms with Crippen molar-refractivity contribution >= 4 is 23.2 Å². The Morgan fingerprint density at radius 1 is 1.09 bits per heavy atom. The van der Waals surface area contributed by atoms with Crippen molar-refractivity contribution in [3.05, 3.63) is 87.3 Å². The number of hydrogen-bond acceptors (Lipinski definition) is 4. The lowest BCUT2D eigenvalue weighted by Crippen LogP contribution is -2.37. The van der Waals surface area contributed by atoms with E-state index < -0.39 is 0 Å². The molecule has 0 aliphatic carbocycles. The molecular weight excluding hydrogens is 404 g/mol. The van der Waals surface area contributed by atoms with Crippen molar-refractivity contribution in [1.29, 1.82) is 0 Å². The smallest absolute Gasteiger partial charge is 0.278 e. The molecule has 0 radical (unpaired) electrons. The predicted octanol–water partition coefficient (Wildman–Crippen LogP) is 3.48. The highest BCUT2D eigenvalue weighted by Gasteiger charge is 2.32. The molecule has 1 unspecified atom stereocenters. The summed E-state index contributed by atoms with van der Waals surface area (Å²) in [7, 11) is 0. The molecule has 4 rings (SSSR count). The van der Waals surface area contributed by atoms with Crippen molar-refractivity contribution in [2.24, 2.45) is 0 Å². The first-order chi connectivity index (χ1) is 15.3. The minimum absolute atomic E-state index is 0.00519. The summed E-state index contributed by atoms with van der Waals surface area (Å²) in [6.07, 6.45) is 0.848.